The number of benzene rings is 2. The number of morpholine rings is 1. The highest BCUT2D eigenvalue weighted by Gasteiger charge is 2.31. The molecule has 0 amide bonds. The molecule has 0 aliphatic carbocycles. The van der Waals surface area contributed by atoms with Crippen LogP contribution in [0.2, 0.25) is 0 Å². The summed E-state index contributed by atoms with van der Waals surface area (Å²) in [6, 6.07) is 12.6. The molecule has 0 N–H and O–H groups in total. The maximum Gasteiger partial charge on any atom is 0.243 e. The van der Waals surface area contributed by atoms with Crippen LogP contribution in [0, 0.1) is 11.3 Å². The number of anilines is 1. The van der Waals surface area contributed by atoms with Crippen molar-refractivity contribution in [1.82, 2.24) is 8.61 Å². The van der Waals surface area contributed by atoms with Crippen LogP contribution in [-0.4, -0.2) is 85.0 Å². The number of hydrogen-bond acceptors (Lipinski definition) is 8. The predicted molar refractivity (Wildman–Crippen MR) is 125 cm³/mol. The van der Waals surface area contributed by atoms with Gasteiger partial charge < -0.3 is 14.4 Å². The molecule has 10 nitrogen and oxygen atoms in total. The summed E-state index contributed by atoms with van der Waals surface area (Å²) in [5, 5.41) is 9.08. The van der Waals surface area contributed by atoms with E-state index in [2.05, 4.69) is 0 Å². The summed E-state index contributed by atoms with van der Waals surface area (Å²) in [7, 11) is -5.93. The first-order chi connectivity index (χ1) is 16.3. The van der Waals surface area contributed by atoms with Gasteiger partial charge >= 0.3 is 0 Å². The summed E-state index contributed by atoms with van der Waals surface area (Å²) in [5.74, 6) is 0.513. The Kier molecular flexibility index (Phi) is 7.11. The second-order valence-electron chi connectivity index (χ2n) is 7.88. The SMILES string of the molecule is COc1ccc(S(=O)(=O)N2CCOCC2)cc1N1CCN(S(=O)(=O)c2cccc(C#N)c2)CC1. The Morgan fingerprint density at radius 3 is 2.09 bits per heavy atom. The van der Waals surface area contributed by atoms with Crippen molar-refractivity contribution in [2.75, 3.05) is 64.5 Å². The van der Waals surface area contributed by atoms with E-state index in [-0.39, 0.29) is 28.4 Å². The standard InChI is InChI=1S/C22H26N4O6S2/c1-31-22-6-5-20(34(29,30)26-11-13-32-14-12-26)16-21(22)24-7-9-25(10-8-24)33(27,28)19-4-2-3-18(15-19)17-23/h2-6,15-16H,7-14H2,1H3. The summed E-state index contributed by atoms with van der Waals surface area (Å²) >= 11 is 0. The fraction of sp³-hybridized carbons (Fsp3) is 0.409. The van der Waals surface area contributed by atoms with Crippen LogP contribution in [0.25, 0.3) is 0 Å². The van der Waals surface area contributed by atoms with Gasteiger partial charge in [0.25, 0.3) is 0 Å². The maximum absolute atomic E-state index is 13.1. The van der Waals surface area contributed by atoms with Crippen molar-refractivity contribution in [3.05, 3.63) is 48.0 Å². The van der Waals surface area contributed by atoms with E-state index in [9.17, 15) is 16.8 Å². The number of ether oxygens (including phenoxy) is 2. The predicted octanol–water partition coefficient (Wildman–Crippen LogP) is 1.10. The lowest BCUT2D eigenvalue weighted by Crippen LogP contribution is -2.48. The Bertz CT molecular complexity index is 1290. The van der Waals surface area contributed by atoms with Crippen LogP contribution >= 0.6 is 0 Å². The largest absolute Gasteiger partial charge is 0.495 e. The molecule has 2 aromatic carbocycles. The molecule has 0 spiro atoms. The van der Waals surface area contributed by atoms with E-state index >= 15 is 0 Å². The van der Waals surface area contributed by atoms with Gasteiger partial charge in [-0.2, -0.15) is 13.9 Å². The Morgan fingerprint density at radius 1 is 0.853 bits per heavy atom. The highest BCUT2D eigenvalue weighted by Crippen LogP contribution is 2.33. The molecule has 12 heteroatoms. The number of nitrogens with zero attached hydrogens (tertiary/aromatic N) is 4. The third-order valence-corrected chi connectivity index (χ3v) is 9.73. The lowest BCUT2D eigenvalue weighted by molar-refractivity contribution is 0.0730. The van der Waals surface area contributed by atoms with E-state index < -0.39 is 20.0 Å². The molecule has 2 aliphatic rings. The van der Waals surface area contributed by atoms with Crippen molar-refractivity contribution < 1.29 is 26.3 Å². The van der Waals surface area contributed by atoms with Gasteiger partial charge in [0.05, 0.1) is 47.4 Å². The number of nitriles is 1. The Labute approximate surface area is 200 Å². The van der Waals surface area contributed by atoms with Gasteiger partial charge in [-0.15, -0.1) is 0 Å². The van der Waals surface area contributed by atoms with Crippen molar-refractivity contribution in [3.8, 4) is 11.8 Å². The monoisotopic (exact) mass is 506 g/mol. The summed E-state index contributed by atoms with van der Waals surface area (Å²) in [5.41, 5.74) is 0.878. The maximum atomic E-state index is 13.1. The molecular weight excluding hydrogens is 480 g/mol. The van der Waals surface area contributed by atoms with E-state index in [4.69, 9.17) is 14.7 Å². The van der Waals surface area contributed by atoms with E-state index in [0.717, 1.165) is 0 Å². The van der Waals surface area contributed by atoms with Crippen molar-refractivity contribution in [2.24, 2.45) is 0 Å². The Morgan fingerprint density at radius 2 is 1.47 bits per heavy atom. The normalized spacial score (nSPS) is 18.4. The minimum atomic E-state index is -3.75. The van der Waals surface area contributed by atoms with Crippen molar-refractivity contribution in [3.63, 3.8) is 0 Å². The van der Waals surface area contributed by atoms with E-state index in [1.807, 2.05) is 11.0 Å². The molecule has 0 saturated carbocycles. The summed E-state index contributed by atoms with van der Waals surface area (Å²) in [6.07, 6.45) is 0. The van der Waals surface area contributed by atoms with Crippen LogP contribution in [0.5, 0.6) is 5.75 Å². The molecule has 0 aromatic heterocycles. The van der Waals surface area contributed by atoms with E-state index in [0.29, 0.717) is 50.8 Å². The van der Waals surface area contributed by atoms with Gasteiger partial charge in [-0.05, 0) is 36.4 Å². The van der Waals surface area contributed by atoms with Crippen LogP contribution < -0.4 is 9.64 Å². The average molecular weight is 507 g/mol. The summed E-state index contributed by atoms with van der Waals surface area (Å²) in [4.78, 5) is 2.17. The molecule has 0 unspecified atom stereocenters. The van der Waals surface area contributed by atoms with Crippen molar-refractivity contribution in [2.45, 2.75) is 9.79 Å². The number of rotatable bonds is 6. The minimum absolute atomic E-state index is 0.0798. The molecule has 182 valence electrons. The summed E-state index contributed by atoms with van der Waals surface area (Å²) in [6.45, 7) is 2.45. The zero-order valence-corrected chi connectivity index (χ0v) is 20.4. The quantitative estimate of drug-likeness (QED) is 0.571. The summed E-state index contributed by atoms with van der Waals surface area (Å²) < 4.78 is 65.9. The number of hydrogen-bond donors (Lipinski definition) is 0. The first kappa shape index (κ1) is 24.4. The molecule has 2 fully saturated rings. The van der Waals surface area contributed by atoms with Crippen molar-refractivity contribution >= 4 is 25.7 Å². The molecule has 2 saturated heterocycles. The Balaban J connectivity index is 1.55. The molecule has 0 radical (unpaired) electrons. The van der Waals surface area contributed by atoms with Crippen LogP contribution in [0.4, 0.5) is 5.69 Å². The molecular formula is C22H26N4O6S2. The lowest BCUT2D eigenvalue weighted by Gasteiger charge is -2.36. The van der Waals surface area contributed by atoms with E-state index in [1.165, 1.54) is 33.9 Å². The third-order valence-electron chi connectivity index (χ3n) is 5.94. The number of sulfonamides is 2. The number of methoxy groups -OCH3 is 1. The molecule has 0 bridgehead atoms. The van der Waals surface area contributed by atoms with Crippen LogP contribution in [-0.2, 0) is 24.8 Å². The highest BCUT2D eigenvalue weighted by molar-refractivity contribution is 7.89. The topological polar surface area (TPSA) is 120 Å². The molecule has 4 rings (SSSR count). The lowest BCUT2D eigenvalue weighted by atomic mass is 10.2. The zero-order chi connectivity index (χ0) is 24.3. The second kappa shape index (κ2) is 9.89. The third kappa shape index (κ3) is 4.75. The van der Waals surface area contributed by atoms with Gasteiger partial charge in [-0.1, -0.05) is 6.07 Å². The molecule has 2 aromatic rings. The van der Waals surface area contributed by atoms with Gasteiger partial charge in [-0.3, -0.25) is 0 Å². The molecule has 2 aliphatic heterocycles. The Hall–Kier alpha value is -2.69. The van der Waals surface area contributed by atoms with Crippen LogP contribution in [0.3, 0.4) is 0 Å². The van der Waals surface area contributed by atoms with Crippen LogP contribution in [0.15, 0.2) is 52.3 Å². The minimum Gasteiger partial charge on any atom is -0.495 e. The van der Waals surface area contributed by atoms with E-state index in [1.54, 1.807) is 24.3 Å². The zero-order valence-electron chi connectivity index (χ0n) is 18.8. The molecule has 2 heterocycles. The van der Waals surface area contributed by atoms with Gasteiger partial charge in [-0.25, -0.2) is 16.8 Å². The average Bonchev–Trinajstić information content (AvgIpc) is 2.89. The van der Waals surface area contributed by atoms with Gasteiger partial charge in [0.15, 0.2) is 0 Å². The first-order valence-corrected chi connectivity index (χ1v) is 13.7. The number of piperazine rings is 1. The van der Waals surface area contributed by atoms with Gasteiger partial charge in [0, 0.05) is 39.3 Å². The van der Waals surface area contributed by atoms with Gasteiger partial charge in [0.2, 0.25) is 20.0 Å². The fourth-order valence-electron chi connectivity index (χ4n) is 4.06. The van der Waals surface area contributed by atoms with Crippen molar-refractivity contribution in [1.29, 1.82) is 5.26 Å². The second-order valence-corrected chi connectivity index (χ2v) is 11.8. The van der Waals surface area contributed by atoms with Crippen LogP contribution in [0.1, 0.15) is 5.56 Å². The first-order valence-electron chi connectivity index (χ1n) is 10.8. The molecule has 0 atom stereocenters. The van der Waals surface area contributed by atoms with Gasteiger partial charge in [0.1, 0.15) is 5.75 Å². The smallest absolute Gasteiger partial charge is 0.243 e. The fourth-order valence-corrected chi connectivity index (χ4v) is 6.96. The highest BCUT2D eigenvalue weighted by atomic mass is 32.2. The molecule has 34 heavy (non-hydrogen) atoms.